The zero-order valence-electron chi connectivity index (χ0n) is 48.1. The van der Waals surface area contributed by atoms with Crippen LogP contribution < -0.4 is 20.3 Å². The topological polar surface area (TPSA) is 372 Å². The van der Waals surface area contributed by atoms with Crippen molar-refractivity contribution in [3.8, 4) is 17.6 Å². The van der Waals surface area contributed by atoms with Crippen molar-refractivity contribution in [3.63, 3.8) is 0 Å². The molecule has 3 atom stereocenters. The maximum atomic E-state index is 12.9. The number of hydrogen-bond donors (Lipinski definition) is 8. The average Bonchev–Trinajstić information content (AvgIpc) is 2.73. The molecule has 3 aromatic rings. The number of fused-ring (bicyclic) bond motifs is 2. The molecule has 0 aromatic heterocycles. The van der Waals surface area contributed by atoms with Crippen LogP contribution in [-0.4, -0.2) is 130 Å². The molecule has 8 N–H and O–H groups in total. The van der Waals surface area contributed by atoms with E-state index >= 15 is 0 Å². The van der Waals surface area contributed by atoms with E-state index in [2.05, 4.69) is 115 Å². The van der Waals surface area contributed by atoms with E-state index < -0.39 is 92.3 Å². The Labute approximate surface area is 504 Å². The molecular formula is C56H71N5O21P3S2+. The molecule has 3 aliphatic heterocycles. The summed E-state index contributed by atoms with van der Waals surface area (Å²) in [4.78, 5) is 76.9. The molecular weight excluding hydrogens is 1240 g/mol. The van der Waals surface area contributed by atoms with Crippen molar-refractivity contribution in [2.24, 2.45) is 5.92 Å². The van der Waals surface area contributed by atoms with Crippen molar-refractivity contribution >= 4 is 78.6 Å². The van der Waals surface area contributed by atoms with Gasteiger partial charge in [-0.25, -0.2) is 18.5 Å². The third kappa shape index (κ3) is 19.0. The predicted octanol–water partition coefficient (Wildman–Crippen LogP) is 7.82. The largest absolute Gasteiger partial charge is 0.490 e. The standard InChI is InChI=1S/C56H70N5O21P3S2/c1-55(2)45-19-7-9-21-47(45)60(33-11-5-6-23-51(62)57-32-15-18-42-38-59(54(64)58-53(42)63)39-78-35-36-79-84(68,69)82-85(70,71)81-83(65,66)67)49(55)30-24-40-16-14-17-41(52(40)80-43-26-28-44(29-27-43)87(75,76)77)25-31-50-56(3,4)46-20-8-10-22-48(46)61(50)34-12-13-37-86(72,73)74/h7-10,19-22,24-31,42H,5-6,11-14,16-17,23,32-39H2,1-4H3,(H7-,57,58,62,63,64,65,66,67,68,69,70,71,72,73,74,75,76,77)/p+1. The lowest BCUT2D eigenvalue weighted by Crippen LogP contribution is -2.54. The van der Waals surface area contributed by atoms with Crippen LogP contribution in [0.15, 0.2) is 125 Å². The minimum Gasteiger partial charge on any atom is -0.457 e. The molecule has 3 unspecified atom stereocenters. The van der Waals surface area contributed by atoms with Crippen LogP contribution in [-0.2, 0) is 72.2 Å². The highest BCUT2D eigenvalue weighted by Gasteiger charge is 2.45. The monoisotopic (exact) mass is 1310 g/mol. The minimum absolute atomic E-state index is 0.0912. The highest BCUT2D eigenvalue weighted by molar-refractivity contribution is 7.86. The number of rotatable bonds is 28. The van der Waals surface area contributed by atoms with E-state index in [1.54, 1.807) is 0 Å². The number of phosphoric acid groups is 3. The Morgan fingerprint density at radius 3 is 2.22 bits per heavy atom. The molecule has 4 aliphatic rings. The minimum atomic E-state index is -5.71. The molecule has 0 spiro atoms. The molecule has 472 valence electrons. The van der Waals surface area contributed by atoms with E-state index in [1.165, 1.54) is 24.3 Å². The first-order valence-corrected chi connectivity index (χ1v) is 35.2. The Kier molecular flexibility index (Phi) is 22.6. The number of hydrogen-bond acceptors (Lipinski definition) is 16. The molecule has 3 heterocycles. The second-order valence-electron chi connectivity index (χ2n) is 21.7. The number of ether oxygens (including phenoxy) is 2. The van der Waals surface area contributed by atoms with Crippen LogP contribution in [0.2, 0.25) is 0 Å². The smallest absolute Gasteiger partial charge is 0.457 e. The molecule has 0 radical (unpaired) electrons. The SMILES string of the molecule is CC1(C)C(=C/C=C2\CCCC(/C=C/C3=[N+](CCCCCC(=O)NCC#CC4CN(COCCOP(=O)(O)OP(=O)(O)OP(=O)(O)O)C(=O)NC4=O)c4ccccc4C3(C)C)=C2Oc2ccc(S(=O)(=O)O)cc2)N(CCCCS(=O)(=O)O)c2ccccc21. The van der Waals surface area contributed by atoms with Gasteiger partial charge in [-0.05, 0) is 118 Å². The van der Waals surface area contributed by atoms with Crippen LogP contribution in [0.1, 0.15) is 96.6 Å². The average molecular weight is 1310 g/mol. The molecule has 31 heteroatoms. The van der Waals surface area contributed by atoms with Crippen LogP contribution in [0.5, 0.6) is 5.75 Å². The summed E-state index contributed by atoms with van der Waals surface area (Å²) in [5, 5.41) is 4.85. The lowest BCUT2D eigenvalue weighted by molar-refractivity contribution is -0.438. The number of imide groups is 1. The van der Waals surface area contributed by atoms with Crippen molar-refractivity contribution in [1.29, 1.82) is 0 Å². The van der Waals surface area contributed by atoms with E-state index in [4.69, 9.17) is 19.3 Å². The number of carbonyl (C=O) groups excluding carboxylic acids is 3. The van der Waals surface area contributed by atoms with Gasteiger partial charge in [0.25, 0.3) is 20.2 Å². The molecule has 0 saturated carbocycles. The summed E-state index contributed by atoms with van der Waals surface area (Å²) in [5.41, 5.74) is 7.27. The fourth-order valence-corrected chi connectivity index (χ4v) is 14.6. The predicted molar refractivity (Wildman–Crippen MR) is 318 cm³/mol. The summed E-state index contributed by atoms with van der Waals surface area (Å²) in [7, 11) is -25.3. The van der Waals surface area contributed by atoms with Crippen molar-refractivity contribution < 1.29 is 101 Å². The van der Waals surface area contributed by atoms with Gasteiger partial charge in [-0.15, -0.1) is 0 Å². The summed E-state index contributed by atoms with van der Waals surface area (Å²) in [6.45, 7) is 7.72. The maximum absolute atomic E-state index is 12.9. The third-order valence-electron chi connectivity index (χ3n) is 14.7. The number of carbonyl (C=O) groups is 3. The van der Waals surface area contributed by atoms with Gasteiger partial charge in [0.15, 0.2) is 5.71 Å². The first-order valence-electron chi connectivity index (χ1n) is 27.6. The number of nitrogens with zero attached hydrogens (tertiary/aromatic N) is 3. The van der Waals surface area contributed by atoms with Gasteiger partial charge >= 0.3 is 29.5 Å². The molecule has 7 rings (SSSR count). The quantitative estimate of drug-likeness (QED) is 0.0113. The van der Waals surface area contributed by atoms with Crippen LogP contribution >= 0.6 is 23.5 Å². The maximum Gasteiger partial charge on any atom is 0.490 e. The van der Waals surface area contributed by atoms with Crippen molar-refractivity contribution in [2.75, 3.05) is 56.8 Å². The summed E-state index contributed by atoms with van der Waals surface area (Å²) in [6.07, 6.45) is 13.4. The van der Waals surface area contributed by atoms with Gasteiger partial charge < -0.3 is 39.3 Å². The van der Waals surface area contributed by atoms with Gasteiger partial charge in [0.2, 0.25) is 17.5 Å². The summed E-state index contributed by atoms with van der Waals surface area (Å²) >= 11 is 0. The fourth-order valence-electron chi connectivity index (χ4n) is 10.5. The number of urea groups is 1. The number of para-hydroxylation sites is 2. The van der Waals surface area contributed by atoms with Gasteiger partial charge in [0, 0.05) is 60.4 Å². The first-order chi connectivity index (χ1) is 40.7. The molecule has 4 amide bonds. The Morgan fingerprint density at radius 2 is 1.52 bits per heavy atom. The molecule has 0 bridgehead atoms. The highest BCUT2D eigenvalue weighted by atomic mass is 32.2. The summed E-state index contributed by atoms with van der Waals surface area (Å²) < 4.78 is 126. The lowest BCUT2D eigenvalue weighted by Gasteiger charge is -2.29. The van der Waals surface area contributed by atoms with E-state index in [9.17, 15) is 63.8 Å². The third-order valence-corrected chi connectivity index (χ3v) is 20.2. The van der Waals surface area contributed by atoms with Crippen molar-refractivity contribution in [1.82, 2.24) is 15.5 Å². The van der Waals surface area contributed by atoms with Crippen molar-refractivity contribution in [2.45, 2.75) is 101 Å². The zero-order valence-corrected chi connectivity index (χ0v) is 52.5. The van der Waals surface area contributed by atoms with E-state index in [0.717, 1.165) is 62.8 Å². The van der Waals surface area contributed by atoms with Crippen molar-refractivity contribution in [3.05, 3.63) is 131 Å². The molecule has 26 nitrogen and oxygen atoms in total. The Balaban J connectivity index is 1.00. The van der Waals surface area contributed by atoms with E-state index in [0.29, 0.717) is 56.7 Å². The normalized spacial score (nSPS) is 20.0. The molecule has 1 aliphatic carbocycles. The Bertz CT molecular complexity index is 3720. The molecule has 3 aromatic carbocycles. The van der Waals surface area contributed by atoms with Gasteiger partial charge in [0.1, 0.15) is 30.7 Å². The van der Waals surface area contributed by atoms with Crippen LogP contribution in [0.25, 0.3) is 0 Å². The number of anilines is 1. The zero-order chi connectivity index (χ0) is 63.6. The first kappa shape index (κ1) is 68.5. The number of phosphoric ester groups is 1. The molecule has 1 saturated heterocycles. The number of amides is 4. The lowest BCUT2D eigenvalue weighted by atomic mass is 9.81. The molecule has 1 fully saturated rings. The number of unbranched alkanes of at least 4 members (excludes halogenated alkanes) is 3. The molecule has 87 heavy (non-hydrogen) atoms. The second-order valence-corrected chi connectivity index (χ2v) is 29.2. The fraction of sp³-hybridized carbons (Fsp3) is 0.429. The number of nitrogens with one attached hydrogen (secondary N) is 2. The highest BCUT2D eigenvalue weighted by Crippen LogP contribution is 2.66. The number of allylic oxidation sites excluding steroid dienone is 7. The second kappa shape index (κ2) is 28.7. The van der Waals surface area contributed by atoms with E-state index in [-0.39, 0.29) is 42.5 Å². The van der Waals surface area contributed by atoms with E-state index in [1.807, 2.05) is 30.3 Å². The van der Waals surface area contributed by atoms with Crippen LogP contribution in [0, 0.1) is 17.8 Å². The van der Waals surface area contributed by atoms with Gasteiger partial charge in [-0.2, -0.15) is 30.0 Å². The van der Waals surface area contributed by atoms with Crippen LogP contribution in [0.4, 0.5) is 16.2 Å². The van der Waals surface area contributed by atoms with Gasteiger partial charge in [-0.3, -0.25) is 33.4 Å². The summed E-state index contributed by atoms with van der Waals surface area (Å²) in [5.74, 6) is 4.10. The van der Waals surface area contributed by atoms with Gasteiger partial charge in [-0.1, -0.05) is 68.2 Å². The Hall–Kier alpha value is -5.95. The van der Waals surface area contributed by atoms with Crippen LogP contribution in [0.3, 0.4) is 0 Å². The number of benzene rings is 3. The van der Waals surface area contributed by atoms with Gasteiger partial charge in [0.05, 0.1) is 35.8 Å². The summed E-state index contributed by atoms with van der Waals surface area (Å²) in [6, 6.07) is 21.0. The Morgan fingerprint density at radius 1 is 0.816 bits per heavy atom.